The summed E-state index contributed by atoms with van der Waals surface area (Å²) in [5.74, 6) is 1.38. The standard InChI is InChI=1S/C30H41N9O5/c1-17(2)22-13-32-39-25(11-24(35-26(22)39)31-12-20-8-9-36(28(41)42)16-23(20)40)38(29(43)44-30(5,6)7)15-21-14-37-19(4)10-18(3)33-27(37)34-21/h10-11,13-14,17,20,23,40H,8-9,12,15-16H2,1-7H3,(H,31,35)(H,41,42)/t20-,23+/m1/s1. The molecule has 4 aromatic rings. The molecule has 0 aromatic carbocycles. The third-order valence-electron chi connectivity index (χ3n) is 7.66. The van der Waals surface area contributed by atoms with Crippen LogP contribution < -0.4 is 10.2 Å². The average Bonchev–Trinajstić information content (AvgIpc) is 3.54. The Labute approximate surface area is 255 Å². The quantitative estimate of drug-likeness (QED) is 0.277. The van der Waals surface area contributed by atoms with Gasteiger partial charge in [0, 0.05) is 48.2 Å². The number of amides is 2. The van der Waals surface area contributed by atoms with E-state index < -0.39 is 23.9 Å². The zero-order chi connectivity index (χ0) is 31.9. The number of piperidine rings is 1. The number of imidazole rings is 1. The van der Waals surface area contributed by atoms with Gasteiger partial charge in [-0.1, -0.05) is 13.8 Å². The maximum Gasteiger partial charge on any atom is 0.416 e. The number of carboxylic acid groups (broad SMARTS) is 1. The molecule has 0 unspecified atom stereocenters. The van der Waals surface area contributed by atoms with Crippen molar-refractivity contribution in [2.45, 2.75) is 79.1 Å². The molecule has 5 heterocycles. The predicted molar refractivity (Wildman–Crippen MR) is 164 cm³/mol. The molecule has 5 rings (SSSR count). The Balaban J connectivity index is 1.54. The Morgan fingerprint density at radius 2 is 1.93 bits per heavy atom. The van der Waals surface area contributed by atoms with Crippen LogP contribution in [0.4, 0.5) is 21.2 Å². The van der Waals surface area contributed by atoms with Gasteiger partial charge in [-0.05, 0) is 53.0 Å². The van der Waals surface area contributed by atoms with Gasteiger partial charge in [0.15, 0.2) is 5.65 Å². The molecule has 1 saturated heterocycles. The monoisotopic (exact) mass is 607 g/mol. The highest BCUT2D eigenvalue weighted by Gasteiger charge is 2.31. The summed E-state index contributed by atoms with van der Waals surface area (Å²) in [6.07, 6.45) is 1.69. The molecular weight excluding hydrogens is 566 g/mol. The third-order valence-corrected chi connectivity index (χ3v) is 7.66. The fourth-order valence-corrected chi connectivity index (χ4v) is 5.39. The van der Waals surface area contributed by atoms with Crippen molar-refractivity contribution in [3.05, 3.63) is 47.2 Å². The van der Waals surface area contributed by atoms with Crippen LogP contribution in [-0.4, -0.2) is 87.6 Å². The Morgan fingerprint density at radius 3 is 2.59 bits per heavy atom. The number of β-amino-alcohol motifs (C(OH)–C–C–N with tert-alkyl or cyclic N) is 1. The summed E-state index contributed by atoms with van der Waals surface area (Å²) in [5, 5.41) is 27.9. The first-order valence-electron chi connectivity index (χ1n) is 14.8. The summed E-state index contributed by atoms with van der Waals surface area (Å²) < 4.78 is 9.37. The highest BCUT2D eigenvalue weighted by molar-refractivity contribution is 5.88. The van der Waals surface area contributed by atoms with Crippen molar-refractivity contribution in [3.8, 4) is 0 Å². The van der Waals surface area contributed by atoms with Crippen LogP contribution in [0.5, 0.6) is 0 Å². The molecule has 0 bridgehead atoms. The summed E-state index contributed by atoms with van der Waals surface area (Å²) in [6, 6.07) is 3.70. The largest absolute Gasteiger partial charge is 0.465 e. The minimum Gasteiger partial charge on any atom is -0.465 e. The lowest BCUT2D eigenvalue weighted by Crippen LogP contribution is -2.47. The maximum atomic E-state index is 13.8. The molecule has 1 fully saturated rings. The number of anilines is 2. The lowest BCUT2D eigenvalue weighted by atomic mass is 9.94. The van der Waals surface area contributed by atoms with Crippen LogP contribution in [0.3, 0.4) is 0 Å². The van der Waals surface area contributed by atoms with Crippen molar-refractivity contribution in [1.82, 2.24) is 33.9 Å². The Morgan fingerprint density at radius 1 is 1.18 bits per heavy atom. The van der Waals surface area contributed by atoms with Crippen LogP contribution in [0.25, 0.3) is 11.4 Å². The van der Waals surface area contributed by atoms with E-state index in [0.717, 1.165) is 17.0 Å². The number of carbonyl (C=O) groups excluding carboxylic acids is 1. The van der Waals surface area contributed by atoms with Crippen LogP contribution in [-0.2, 0) is 11.3 Å². The molecule has 14 heteroatoms. The van der Waals surface area contributed by atoms with Crippen molar-refractivity contribution < 1.29 is 24.5 Å². The highest BCUT2D eigenvalue weighted by atomic mass is 16.6. The fraction of sp³-hybridized carbons (Fsp3) is 0.533. The van der Waals surface area contributed by atoms with Gasteiger partial charge in [-0.15, -0.1) is 0 Å². The van der Waals surface area contributed by atoms with E-state index in [1.54, 1.807) is 16.8 Å². The summed E-state index contributed by atoms with van der Waals surface area (Å²) in [4.78, 5) is 42.0. The number of carbonyl (C=O) groups is 2. The number of rotatable bonds is 7. The summed E-state index contributed by atoms with van der Waals surface area (Å²) in [5.41, 5.74) is 3.15. The number of ether oxygens (including phenoxy) is 1. The fourth-order valence-electron chi connectivity index (χ4n) is 5.39. The van der Waals surface area contributed by atoms with Crippen molar-refractivity contribution in [1.29, 1.82) is 0 Å². The number of aromatic nitrogens is 6. The van der Waals surface area contributed by atoms with Crippen LogP contribution in [0, 0.1) is 19.8 Å². The lowest BCUT2D eigenvalue weighted by Gasteiger charge is -2.34. The first-order chi connectivity index (χ1) is 20.7. The van der Waals surface area contributed by atoms with E-state index in [-0.39, 0.29) is 24.9 Å². The van der Waals surface area contributed by atoms with Gasteiger partial charge in [0.2, 0.25) is 5.78 Å². The SMILES string of the molecule is Cc1cc(C)n2cc(CN(C(=O)OC(C)(C)C)c3cc(NC[C@H]4CCN(C(=O)O)C[C@@H]4O)nc4c(C(C)C)cnn34)nc2n1. The molecular formula is C30H41N9O5. The van der Waals surface area contributed by atoms with Crippen molar-refractivity contribution in [3.63, 3.8) is 0 Å². The normalized spacial score (nSPS) is 17.4. The number of nitrogens with one attached hydrogen (secondary N) is 1. The molecule has 236 valence electrons. The van der Waals surface area contributed by atoms with Gasteiger partial charge < -0.3 is 25.2 Å². The Hall–Kier alpha value is -4.46. The second-order valence-corrected chi connectivity index (χ2v) is 12.7. The smallest absolute Gasteiger partial charge is 0.416 e. The van der Waals surface area contributed by atoms with Gasteiger partial charge in [0.1, 0.15) is 17.2 Å². The average molecular weight is 608 g/mol. The molecule has 0 saturated carbocycles. The summed E-state index contributed by atoms with van der Waals surface area (Å²) >= 11 is 0. The van der Waals surface area contributed by atoms with Gasteiger partial charge in [0.25, 0.3) is 0 Å². The zero-order valence-corrected chi connectivity index (χ0v) is 26.3. The van der Waals surface area contributed by atoms with Gasteiger partial charge in [0.05, 0.1) is 31.1 Å². The number of hydrogen-bond donors (Lipinski definition) is 3. The second-order valence-electron chi connectivity index (χ2n) is 12.7. The summed E-state index contributed by atoms with van der Waals surface area (Å²) in [6.45, 7) is 14.3. The van der Waals surface area contributed by atoms with E-state index >= 15 is 0 Å². The van der Waals surface area contributed by atoms with Gasteiger partial charge >= 0.3 is 12.2 Å². The number of aliphatic hydroxyl groups excluding tert-OH is 1. The highest BCUT2D eigenvalue weighted by Crippen LogP contribution is 2.29. The van der Waals surface area contributed by atoms with E-state index in [1.165, 1.54) is 9.80 Å². The van der Waals surface area contributed by atoms with Crippen molar-refractivity contribution in [2.75, 3.05) is 29.9 Å². The van der Waals surface area contributed by atoms with Crippen molar-refractivity contribution in [2.24, 2.45) is 5.92 Å². The molecule has 4 aromatic heterocycles. The zero-order valence-electron chi connectivity index (χ0n) is 26.3. The van der Waals surface area contributed by atoms with E-state index in [0.29, 0.717) is 48.3 Å². The number of fused-ring (bicyclic) bond motifs is 2. The first-order valence-corrected chi connectivity index (χ1v) is 14.8. The minimum atomic E-state index is -1.04. The van der Waals surface area contributed by atoms with E-state index in [1.807, 2.05) is 65.1 Å². The van der Waals surface area contributed by atoms with E-state index in [2.05, 4.69) is 15.4 Å². The predicted octanol–water partition coefficient (Wildman–Crippen LogP) is 4.23. The minimum absolute atomic E-state index is 0.0544. The number of aliphatic hydroxyl groups is 1. The molecule has 2 atom stereocenters. The van der Waals surface area contributed by atoms with E-state index in [9.17, 15) is 19.8 Å². The van der Waals surface area contributed by atoms with Gasteiger partial charge in [-0.2, -0.15) is 9.61 Å². The number of hydrogen-bond acceptors (Lipinski definition) is 9. The molecule has 1 aliphatic rings. The van der Waals surface area contributed by atoms with Crippen LogP contribution in [0.1, 0.15) is 69.6 Å². The Kier molecular flexibility index (Phi) is 8.38. The molecule has 0 aliphatic carbocycles. The van der Waals surface area contributed by atoms with E-state index in [4.69, 9.17) is 14.7 Å². The third kappa shape index (κ3) is 6.54. The number of aryl methyl sites for hydroxylation is 2. The lowest BCUT2D eigenvalue weighted by molar-refractivity contribution is 0.0294. The number of likely N-dealkylation sites (tertiary alicyclic amines) is 1. The molecule has 2 amide bonds. The number of nitrogens with zero attached hydrogens (tertiary/aromatic N) is 8. The first kappa shape index (κ1) is 31.0. The van der Waals surface area contributed by atoms with Crippen LogP contribution >= 0.6 is 0 Å². The summed E-state index contributed by atoms with van der Waals surface area (Å²) in [7, 11) is 0. The molecule has 44 heavy (non-hydrogen) atoms. The van der Waals surface area contributed by atoms with Gasteiger partial charge in [-0.3, -0.25) is 9.30 Å². The topological polar surface area (TPSA) is 163 Å². The van der Waals surface area contributed by atoms with Gasteiger partial charge in [-0.25, -0.2) is 24.5 Å². The molecule has 14 nitrogen and oxygen atoms in total. The second kappa shape index (κ2) is 11.9. The molecule has 3 N–H and O–H groups in total. The Bertz CT molecular complexity index is 1690. The van der Waals surface area contributed by atoms with Crippen LogP contribution in [0.2, 0.25) is 0 Å². The maximum absolute atomic E-state index is 13.8. The molecule has 0 radical (unpaired) electrons. The van der Waals surface area contributed by atoms with Crippen molar-refractivity contribution >= 4 is 35.2 Å². The van der Waals surface area contributed by atoms with Crippen LogP contribution in [0.15, 0.2) is 24.5 Å². The molecule has 1 aliphatic heterocycles. The molecule has 0 spiro atoms.